The molecule has 4 heteroatoms. The Balaban J connectivity index is 2.62. The third-order valence-corrected chi connectivity index (χ3v) is 3.91. The Hall–Kier alpha value is -1.13. The lowest BCUT2D eigenvalue weighted by Crippen LogP contribution is -2.31. The summed E-state index contributed by atoms with van der Waals surface area (Å²) in [5, 5.41) is 3.40. The molecule has 0 aromatic carbocycles. The van der Waals surface area contributed by atoms with Gasteiger partial charge in [0.1, 0.15) is 5.82 Å². The Kier molecular flexibility index (Phi) is 9.02. The molecular weight excluding hydrogens is 260 g/mol. The minimum Gasteiger partial charge on any atom is -0.357 e. The van der Waals surface area contributed by atoms with Gasteiger partial charge in [0.15, 0.2) is 0 Å². The lowest BCUT2D eigenvalue weighted by molar-refractivity contribution is 0.300. The summed E-state index contributed by atoms with van der Waals surface area (Å²) >= 11 is 0. The fraction of sp³-hybridized carbons (Fsp3) is 0.706. The van der Waals surface area contributed by atoms with Crippen molar-refractivity contribution in [1.82, 2.24) is 15.2 Å². The summed E-state index contributed by atoms with van der Waals surface area (Å²) in [6.45, 7) is 16.2. The van der Waals surface area contributed by atoms with Gasteiger partial charge in [0.2, 0.25) is 0 Å². The first kappa shape index (κ1) is 17.9. The second-order valence-electron chi connectivity index (χ2n) is 5.23. The number of anilines is 1. The van der Waals surface area contributed by atoms with E-state index in [4.69, 9.17) is 0 Å². The molecule has 0 aliphatic heterocycles. The average Bonchev–Trinajstić information content (AvgIpc) is 2.54. The maximum absolute atomic E-state index is 4.61. The zero-order valence-electron chi connectivity index (χ0n) is 14.2. The number of nitrogens with one attached hydrogen (secondary N) is 1. The molecule has 4 nitrogen and oxygen atoms in total. The first-order chi connectivity index (χ1) is 10.3. The molecule has 0 spiro atoms. The Morgan fingerprint density at radius 1 is 1.05 bits per heavy atom. The van der Waals surface area contributed by atoms with Gasteiger partial charge in [0, 0.05) is 31.4 Å². The van der Waals surface area contributed by atoms with Crippen LogP contribution in [0.4, 0.5) is 5.82 Å². The fourth-order valence-electron chi connectivity index (χ4n) is 2.55. The first-order valence-electron chi connectivity index (χ1n) is 8.38. The quantitative estimate of drug-likeness (QED) is 0.679. The standard InChI is InChI=1S/C17H32N4/c1-5-18-15-16-11-9-12-19-17(16)21(8-4)14-10-13-20(6-2)7-3/h9,11-12,18H,5-8,10,13-15H2,1-4H3. The van der Waals surface area contributed by atoms with Gasteiger partial charge in [-0.15, -0.1) is 0 Å². The van der Waals surface area contributed by atoms with E-state index in [0.29, 0.717) is 0 Å². The van der Waals surface area contributed by atoms with Crippen LogP contribution in [0.25, 0.3) is 0 Å². The third-order valence-electron chi connectivity index (χ3n) is 3.91. The van der Waals surface area contributed by atoms with Gasteiger partial charge in [-0.05, 0) is 45.6 Å². The molecule has 21 heavy (non-hydrogen) atoms. The van der Waals surface area contributed by atoms with E-state index in [0.717, 1.165) is 45.1 Å². The minimum absolute atomic E-state index is 0.895. The summed E-state index contributed by atoms with van der Waals surface area (Å²) in [5.74, 6) is 1.14. The van der Waals surface area contributed by atoms with Crippen LogP contribution >= 0.6 is 0 Å². The fourth-order valence-corrected chi connectivity index (χ4v) is 2.55. The Labute approximate surface area is 130 Å². The summed E-state index contributed by atoms with van der Waals surface area (Å²) in [5.41, 5.74) is 1.30. The molecule has 0 amide bonds. The zero-order valence-corrected chi connectivity index (χ0v) is 14.2. The lowest BCUT2D eigenvalue weighted by Gasteiger charge is -2.26. The van der Waals surface area contributed by atoms with Crippen molar-refractivity contribution in [1.29, 1.82) is 0 Å². The maximum Gasteiger partial charge on any atom is 0.132 e. The van der Waals surface area contributed by atoms with Gasteiger partial charge < -0.3 is 15.1 Å². The van der Waals surface area contributed by atoms with Crippen LogP contribution in [0.3, 0.4) is 0 Å². The molecule has 0 radical (unpaired) electrons. The molecule has 1 aromatic rings. The van der Waals surface area contributed by atoms with Crippen molar-refractivity contribution >= 4 is 5.82 Å². The molecule has 120 valence electrons. The second kappa shape index (κ2) is 10.6. The molecule has 0 saturated carbocycles. The highest BCUT2D eigenvalue weighted by molar-refractivity contribution is 5.46. The number of pyridine rings is 1. The summed E-state index contributed by atoms with van der Waals surface area (Å²) in [4.78, 5) is 9.49. The molecule has 0 aliphatic rings. The topological polar surface area (TPSA) is 31.4 Å². The highest BCUT2D eigenvalue weighted by atomic mass is 15.2. The number of rotatable bonds is 11. The van der Waals surface area contributed by atoms with Crippen LogP contribution in [-0.4, -0.2) is 49.2 Å². The summed E-state index contributed by atoms with van der Waals surface area (Å²) < 4.78 is 0. The number of hydrogen-bond acceptors (Lipinski definition) is 4. The van der Waals surface area contributed by atoms with Crippen molar-refractivity contribution in [3.05, 3.63) is 23.9 Å². The molecule has 0 atom stereocenters. The van der Waals surface area contributed by atoms with Crippen molar-refractivity contribution in [2.24, 2.45) is 0 Å². The smallest absolute Gasteiger partial charge is 0.132 e. The van der Waals surface area contributed by atoms with Crippen LogP contribution in [0.1, 0.15) is 39.7 Å². The number of hydrogen-bond donors (Lipinski definition) is 1. The third kappa shape index (κ3) is 6.02. The van der Waals surface area contributed by atoms with E-state index in [-0.39, 0.29) is 0 Å². The molecule has 1 heterocycles. The van der Waals surface area contributed by atoms with E-state index in [1.807, 2.05) is 12.3 Å². The van der Waals surface area contributed by atoms with Crippen LogP contribution in [0, 0.1) is 0 Å². The molecule has 1 rings (SSSR count). The van der Waals surface area contributed by atoms with Crippen molar-refractivity contribution in [3.8, 4) is 0 Å². The first-order valence-corrected chi connectivity index (χ1v) is 8.38. The van der Waals surface area contributed by atoms with Gasteiger partial charge in [-0.3, -0.25) is 0 Å². The zero-order chi connectivity index (χ0) is 15.5. The van der Waals surface area contributed by atoms with E-state index in [2.05, 4.69) is 53.9 Å². The second-order valence-corrected chi connectivity index (χ2v) is 5.23. The summed E-state index contributed by atoms with van der Waals surface area (Å²) in [6, 6.07) is 4.21. The molecule has 0 saturated heterocycles. The number of nitrogens with zero attached hydrogens (tertiary/aromatic N) is 3. The van der Waals surface area contributed by atoms with E-state index in [1.165, 1.54) is 18.5 Å². The highest BCUT2D eigenvalue weighted by Crippen LogP contribution is 2.17. The van der Waals surface area contributed by atoms with E-state index >= 15 is 0 Å². The van der Waals surface area contributed by atoms with Gasteiger partial charge in [0.05, 0.1) is 0 Å². The predicted octanol–water partition coefficient (Wildman–Crippen LogP) is 2.75. The van der Waals surface area contributed by atoms with Crippen molar-refractivity contribution < 1.29 is 0 Å². The number of aromatic nitrogens is 1. The largest absolute Gasteiger partial charge is 0.357 e. The molecule has 0 aliphatic carbocycles. The molecular formula is C17H32N4. The SMILES string of the molecule is CCNCc1cccnc1N(CC)CCCN(CC)CC. The van der Waals surface area contributed by atoms with Crippen LogP contribution < -0.4 is 10.2 Å². The van der Waals surface area contributed by atoms with Crippen LogP contribution in [0.5, 0.6) is 0 Å². The molecule has 1 N–H and O–H groups in total. The van der Waals surface area contributed by atoms with Gasteiger partial charge in [-0.1, -0.05) is 26.8 Å². The Morgan fingerprint density at radius 3 is 2.43 bits per heavy atom. The molecule has 0 fully saturated rings. The Morgan fingerprint density at radius 2 is 1.81 bits per heavy atom. The molecule has 0 bridgehead atoms. The predicted molar refractivity (Wildman–Crippen MR) is 91.9 cm³/mol. The molecule has 0 unspecified atom stereocenters. The van der Waals surface area contributed by atoms with Gasteiger partial charge in [-0.2, -0.15) is 0 Å². The average molecular weight is 292 g/mol. The van der Waals surface area contributed by atoms with E-state index < -0.39 is 0 Å². The van der Waals surface area contributed by atoms with Crippen LogP contribution in [0.15, 0.2) is 18.3 Å². The van der Waals surface area contributed by atoms with E-state index in [1.54, 1.807) is 0 Å². The van der Waals surface area contributed by atoms with Gasteiger partial charge >= 0.3 is 0 Å². The van der Waals surface area contributed by atoms with Crippen LogP contribution in [-0.2, 0) is 6.54 Å². The lowest BCUT2D eigenvalue weighted by atomic mass is 10.2. The van der Waals surface area contributed by atoms with Crippen molar-refractivity contribution in [2.75, 3.05) is 44.2 Å². The van der Waals surface area contributed by atoms with Crippen molar-refractivity contribution in [3.63, 3.8) is 0 Å². The van der Waals surface area contributed by atoms with Gasteiger partial charge in [0.25, 0.3) is 0 Å². The molecule has 1 aromatic heterocycles. The van der Waals surface area contributed by atoms with Crippen LogP contribution in [0.2, 0.25) is 0 Å². The highest BCUT2D eigenvalue weighted by Gasteiger charge is 2.11. The Bertz CT molecular complexity index is 377. The van der Waals surface area contributed by atoms with Gasteiger partial charge in [-0.25, -0.2) is 4.98 Å². The van der Waals surface area contributed by atoms with Crippen molar-refractivity contribution in [2.45, 2.75) is 40.7 Å². The maximum atomic E-state index is 4.61. The normalized spacial score (nSPS) is 11.1. The summed E-state index contributed by atoms with van der Waals surface area (Å²) in [7, 11) is 0. The minimum atomic E-state index is 0.895. The summed E-state index contributed by atoms with van der Waals surface area (Å²) in [6.07, 6.45) is 3.09. The monoisotopic (exact) mass is 292 g/mol. The van der Waals surface area contributed by atoms with E-state index in [9.17, 15) is 0 Å².